The number of rotatable bonds is 6. The van der Waals surface area contributed by atoms with Crippen molar-refractivity contribution >= 4 is 29.3 Å². The quantitative estimate of drug-likeness (QED) is 0.632. The third-order valence-corrected chi connectivity index (χ3v) is 6.15. The molecule has 2 heterocycles. The van der Waals surface area contributed by atoms with Crippen molar-refractivity contribution in [1.82, 2.24) is 15.5 Å². The first kappa shape index (κ1) is 22.9. The Morgan fingerprint density at radius 1 is 1.09 bits per heavy atom. The standard InChI is InChI=1S/C24H27ClN4O4/c1-32-19-8-4-7-18(14-19)29-11-9-28(10-12-29)15-20-21(23(30)33-2)22(27-24(31)26-20)16-5-3-6-17(25)13-16/h3-8,13-14,22H,9-12,15H2,1-2H3,(H2,26,27,31)/t22-/m0/s1. The van der Waals surface area contributed by atoms with Crippen LogP contribution in [0.5, 0.6) is 5.75 Å². The molecule has 2 aliphatic heterocycles. The summed E-state index contributed by atoms with van der Waals surface area (Å²) in [5, 5.41) is 6.18. The van der Waals surface area contributed by atoms with Crippen molar-refractivity contribution in [3.63, 3.8) is 0 Å². The van der Waals surface area contributed by atoms with Gasteiger partial charge in [-0.15, -0.1) is 0 Å². The first-order chi connectivity index (χ1) is 16.0. The minimum absolute atomic E-state index is 0.363. The molecule has 33 heavy (non-hydrogen) atoms. The molecule has 2 aromatic rings. The Morgan fingerprint density at radius 3 is 2.55 bits per heavy atom. The zero-order valence-corrected chi connectivity index (χ0v) is 19.4. The smallest absolute Gasteiger partial charge is 0.338 e. The molecule has 9 heteroatoms. The molecule has 2 N–H and O–H groups in total. The second kappa shape index (κ2) is 10.1. The Kier molecular flexibility index (Phi) is 7.05. The number of methoxy groups -OCH3 is 2. The van der Waals surface area contributed by atoms with Crippen molar-refractivity contribution in [2.45, 2.75) is 6.04 Å². The van der Waals surface area contributed by atoms with Crippen LogP contribution in [0.1, 0.15) is 11.6 Å². The van der Waals surface area contributed by atoms with Gasteiger partial charge >= 0.3 is 12.0 Å². The van der Waals surface area contributed by atoms with E-state index in [0.717, 1.165) is 43.2 Å². The van der Waals surface area contributed by atoms with E-state index in [1.54, 1.807) is 25.3 Å². The van der Waals surface area contributed by atoms with Gasteiger partial charge in [-0.3, -0.25) is 4.90 Å². The number of nitrogens with zero attached hydrogens (tertiary/aromatic N) is 2. The molecule has 2 amide bonds. The number of piperazine rings is 1. The molecule has 1 atom stereocenters. The monoisotopic (exact) mass is 470 g/mol. The van der Waals surface area contributed by atoms with Crippen LogP contribution in [0.15, 0.2) is 59.8 Å². The van der Waals surface area contributed by atoms with E-state index in [4.69, 9.17) is 21.1 Å². The lowest BCUT2D eigenvalue weighted by Gasteiger charge is -2.38. The maximum absolute atomic E-state index is 12.7. The molecule has 1 saturated heterocycles. The lowest BCUT2D eigenvalue weighted by molar-refractivity contribution is -0.136. The fourth-order valence-electron chi connectivity index (χ4n) is 4.22. The van der Waals surface area contributed by atoms with Crippen molar-refractivity contribution in [3.05, 3.63) is 70.4 Å². The largest absolute Gasteiger partial charge is 0.497 e. The predicted molar refractivity (Wildman–Crippen MR) is 127 cm³/mol. The van der Waals surface area contributed by atoms with Gasteiger partial charge in [0.2, 0.25) is 0 Å². The first-order valence-corrected chi connectivity index (χ1v) is 11.1. The molecule has 2 aliphatic rings. The summed E-state index contributed by atoms with van der Waals surface area (Å²) >= 11 is 6.16. The van der Waals surface area contributed by atoms with Gasteiger partial charge in [0.15, 0.2) is 0 Å². The number of esters is 1. The van der Waals surface area contributed by atoms with Crippen LogP contribution >= 0.6 is 11.6 Å². The number of hydrogen-bond donors (Lipinski definition) is 2. The second-order valence-corrected chi connectivity index (χ2v) is 8.37. The highest BCUT2D eigenvalue weighted by molar-refractivity contribution is 6.30. The van der Waals surface area contributed by atoms with E-state index >= 15 is 0 Å². The molecule has 0 unspecified atom stereocenters. The molecule has 1 fully saturated rings. The van der Waals surface area contributed by atoms with Crippen molar-refractivity contribution in [1.29, 1.82) is 0 Å². The highest BCUT2D eigenvalue weighted by Gasteiger charge is 2.34. The second-order valence-electron chi connectivity index (χ2n) is 7.93. The van der Waals surface area contributed by atoms with E-state index in [1.165, 1.54) is 7.11 Å². The first-order valence-electron chi connectivity index (χ1n) is 10.7. The fraction of sp³-hybridized carbons (Fsp3) is 0.333. The molecule has 174 valence electrons. The van der Waals surface area contributed by atoms with Crippen LogP contribution in [0.3, 0.4) is 0 Å². The van der Waals surface area contributed by atoms with Crippen LogP contribution in [0.25, 0.3) is 0 Å². The van der Waals surface area contributed by atoms with E-state index in [9.17, 15) is 9.59 Å². The van der Waals surface area contributed by atoms with Crippen molar-refractivity contribution in [2.75, 3.05) is 51.8 Å². The molecule has 0 aromatic heterocycles. The number of amides is 2. The van der Waals surface area contributed by atoms with Crippen molar-refractivity contribution < 1.29 is 19.1 Å². The Bertz CT molecular complexity index is 1070. The molecule has 0 spiro atoms. The van der Waals surface area contributed by atoms with Gasteiger partial charge in [-0.25, -0.2) is 9.59 Å². The zero-order chi connectivity index (χ0) is 23.4. The Morgan fingerprint density at radius 2 is 1.85 bits per heavy atom. The third kappa shape index (κ3) is 5.23. The topological polar surface area (TPSA) is 83.1 Å². The van der Waals surface area contributed by atoms with Gasteiger partial charge in [-0.05, 0) is 29.8 Å². The number of hydrogen-bond acceptors (Lipinski definition) is 6. The van der Waals surface area contributed by atoms with E-state index in [0.29, 0.717) is 22.8 Å². The van der Waals surface area contributed by atoms with Crippen molar-refractivity contribution in [2.24, 2.45) is 0 Å². The normalized spacial score (nSPS) is 19.1. The Labute approximate surface area is 198 Å². The molecule has 0 aliphatic carbocycles. The van der Waals surface area contributed by atoms with E-state index in [1.807, 2.05) is 24.3 Å². The number of urea groups is 1. The van der Waals surface area contributed by atoms with Gasteiger partial charge in [-0.2, -0.15) is 0 Å². The summed E-state index contributed by atoms with van der Waals surface area (Å²) in [6.07, 6.45) is 0. The molecule has 8 nitrogen and oxygen atoms in total. The highest BCUT2D eigenvalue weighted by Crippen LogP contribution is 2.30. The summed E-state index contributed by atoms with van der Waals surface area (Å²) in [7, 11) is 3.00. The van der Waals surface area contributed by atoms with Crippen LogP contribution in [0.4, 0.5) is 10.5 Å². The highest BCUT2D eigenvalue weighted by atomic mass is 35.5. The lowest BCUT2D eigenvalue weighted by atomic mass is 9.95. The lowest BCUT2D eigenvalue weighted by Crippen LogP contribution is -2.51. The summed E-state index contributed by atoms with van der Waals surface area (Å²) in [5.74, 6) is 0.338. The van der Waals surface area contributed by atoms with Gasteiger partial charge in [0.1, 0.15) is 5.75 Å². The molecule has 0 bridgehead atoms. The zero-order valence-electron chi connectivity index (χ0n) is 18.6. The number of ether oxygens (including phenoxy) is 2. The van der Waals surface area contributed by atoms with E-state index in [-0.39, 0.29) is 6.03 Å². The number of carbonyl (C=O) groups is 2. The third-order valence-electron chi connectivity index (χ3n) is 5.91. The summed E-state index contributed by atoms with van der Waals surface area (Å²) in [6, 6.07) is 14.1. The number of benzene rings is 2. The maximum Gasteiger partial charge on any atom is 0.338 e. The van der Waals surface area contributed by atoms with Crippen LogP contribution < -0.4 is 20.3 Å². The van der Waals surface area contributed by atoms with E-state index < -0.39 is 12.0 Å². The van der Waals surface area contributed by atoms with Gasteiger partial charge < -0.3 is 25.0 Å². The van der Waals surface area contributed by atoms with Crippen molar-refractivity contribution in [3.8, 4) is 5.75 Å². The van der Waals surface area contributed by atoms with Crippen LogP contribution in [-0.2, 0) is 9.53 Å². The fourth-order valence-corrected chi connectivity index (χ4v) is 4.42. The minimum atomic E-state index is -0.641. The molecule has 0 saturated carbocycles. The Hall–Kier alpha value is -3.23. The molecule has 0 radical (unpaired) electrons. The molecular formula is C24H27ClN4O4. The summed E-state index contributed by atoms with van der Waals surface area (Å²) in [6.45, 7) is 3.62. The number of carbonyl (C=O) groups excluding carboxylic acids is 2. The maximum atomic E-state index is 12.7. The predicted octanol–water partition coefficient (Wildman–Crippen LogP) is 2.95. The van der Waals surface area contributed by atoms with Gasteiger partial charge in [-0.1, -0.05) is 29.8 Å². The van der Waals surface area contributed by atoms with Gasteiger partial charge in [0, 0.05) is 55.2 Å². The average molecular weight is 471 g/mol. The van der Waals surface area contributed by atoms with Gasteiger partial charge in [0.25, 0.3) is 0 Å². The summed E-state index contributed by atoms with van der Waals surface area (Å²) in [4.78, 5) is 29.7. The number of anilines is 1. The SMILES string of the molecule is COC(=O)C1=C(CN2CCN(c3cccc(OC)c3)CC2)NC(=O)N[C@H]1c1cccc(Cl)c1. The minimum Gasteiger partial charge on any atom is -0.497 e. The van der Waals surface area contributed by atoms with Crippen LogP contribution in [-0.4, -0.2) is 63.8 Å². The van der Waals surface area contributed by atoms with Crippen LogP contribution in [0, 0.1) is 0 Å². The number of nitrogens with one attached hydrogen (secondary N) is 2. The summed E-state index contributed by atoms with van der Waals surface area (Å²) < 4.78 is 10.4. The Balaban J connectivity index is 1.53. The molecule has 4 rings (SSSR count). The number of halogens is 1. The van der Waals surface area contributed by atoms with Crippen LogP contribution in [0.2, 0.25) is 5.02 Å². The summed E-state index contributed by atoms with van der Waals surface area (Å²) in [5.41, 5.74) is 2.76. The molecular weight excluding hydrogens is 444 g/mol. The average Bonchev–Trinajstić information content (AvgIpc) is 2.83. The van der Waals surface area contributed by atoms with E-state index in [2.05, 4.69) is 26.5 Å². The molecule has 2 aromatic carbocycles. The van der Waals surface area contributed by atoms with Gasteiger partial charge in [0.05, 0.1) is 25.8 Å².